The maximum atomic E-state index is 12.9. The third kappa shape index (κ3) is 4.08. The molecule has 1 aromatic heterocycles. The van der Waals surface area contributed by atoms with E-state index in [9.17, 15) is 13.2 Å². The number of esters is 1. The van der Waals surface area contributed by atoms with Crippen molar-refractivity contribution in [2.24, 2.45) is 0 Å². The molecule has 1 aliphatic heterocycles. The first-order valence-electron chi connectivity index (χ1n) is 8.30. The summed E-state index contributed by atoms with van der Waals surface area (Å²) in [5.74, 6) is -0.494. The molecule has 0 spiro atoms. The number of carbonyl (C=O) groups excluding carboxylic acids is 1. The molecule has 2 aromatic rings. The van der Waals surface area contributed by atoms with Gasteiger partial charge < -0.3 is 4.74 Å². The number of carbonyl (C=O) groups is 1. The monoisotopic (exact) mass is 363 g/mol. The highest BCUT2D eigenvalue weighted by molar-refractivity contribution is 7.89. The zero-order valence-electron chi connectivity index (χ0n) is 13.8. The fourth-order valence-electron chi connectivity index (χ4n) is 2.92. The highest BCUT2D eigenvalue weighted by Gasteiger charge is 2.38. The molecule has 25 heavy (non-hydrogen) atoms. The van der Waals surface area contributed by atoms with E-state index in [0.717, 1.165) is 12.8 Å². The van der Waals surface area contributed by atoms with Gasteiger partial charge in [0.25, 0.3) is 0 Å². The second kappa shape index (κ2) is 7.79. The minimum Gasteiger partial charge on any atom is -0.463 e. The van der Waals surface area contributed by atoms with Crippen molar-refractivity contribution in [1.82, 2.24) is 14.1 Å². The van der Waals surface area contributed by atoms with Crippen molar-refractivity contribution in [2.75, 3.05) is 13.2 Å². The van der Waals surface area contributed by atoms with Gasteiger partial charge in [0, 0.05) is 18.9 Å². The number of sulfonamides is 1. The molecule has 7 nitrogen and oxygen atoms in total. The second-order valence-corrected chi connectivity index (χ2v) is 7.77. The molecule has 1 fully saturated rings. The van der Waals surface area contributed by atoms with Crippen molar-refractivity contribution >= 4 is 16.0 Å². The van der Waals surface area contributed by atoms with Gasteiger partial charge in [0.05, 0.1) is 11.4 Å². The van der Waals surface area contributed by atoms with Crippen LogP contribution in [0.2, 0.25) is 0 Å². The molecule has 134 valence electrons. The normalized spacial score (nSPS) is 18.8. The molecule has 0 amide bonds. The van der Waals surface area contributed by atoms with Crippen LogP contribution in [0.3, 0.4) is 0 Å². The van der Waals surface area contributed by atoms with Gasteiger partial charge in [0.1, 0.15) is 12.6 Å². The molecule has 0 bridgehead atoms. The lowest BCUT2D eigenvalue weighted by Crippen LogP contribution is -2.48. The summed E-state index contributed by atoms with van der Waals surface area (Å²) in [6.45, 7) is 0.934. The molecule has 0 N–H and O–H groups in total. The summed E-state index contributed by atoms with van der Waals surface area (Å²) in [6.07, 6.45) is 5.45. The van der Waals surface area contributed by atoms with Gasteiger partial charge in [0.2, 0.25) is 10.0 Å². The smallest absolute Gasteiger partial charge is 0.324 e. The Morgan fingerprint density at radius 3 is 2.72 bits per heavy atom. The molecule has 1 atom stereocenters. The first-order chi connectivity index (χ1) is 12.1. The van der Waals surface area contributed by atoms with Crippen molar-refractivity contribution in [3.8, 4) is 0 Å². The van der Waals surface area contributed by atoms with E-state index < -0.39 is 22.0 Å². The summed E-state index contributed by atoms with van der Waals surface area (Å²) >= 11 is 0. The lowest BCUT2D eigenvalue weighted by atomic mass is 10.1. The molecule has 0 aliphatic carbocycles. The Kier molecular flexibility index (Phi) is 5.50. The van der Waals surface area contributed by atoms with Crippen LogP contribution in [0.5, 0.6) is 0 Å². The third-order valence-corrected chi connectivity index (χ3v) is 6.12. The zero-order valence-corrected chi connectivity index (χ0v) is 14.6. The quantitative estimate of drug-likeness (QED) is 0.729. The van der Waals surface area contributed by atoms with E-state index in [1.165, 1.54) is 4.31 Å². The van der Waals surface area contributed by atoms with Gasteiger partial charge in [-0.15, -0.1) is 0 Å². The van der Waals surface area contributed by atoms with Crippen LogP contribution in [0.4, 0.5) is 0 Å². The van der Waals surface area contributed by atoms with Crippen molar-refractivity contribution in [2.45, 2.75) is 36.7 Å². The summed E-state index contributed by atoms with van der Waals surface area (Å²) in [6, 6.07) is 9.22. The Labute approximate surface area is 147 Å². The minimum atomic E-state index is -3.71. The van der Waals surface area contributed by atoms with E-state index in [1.54, 1.807) is 53.5 Å². The van der Waals surface area contributed by atoms with Crippen LogP contribution < -0.4 is 0 Å². The Morgan fingerprint density at radius 1 is 1.20 bits per heavy atom. The molecule has 0 radical (unpaired) electrons. The van der Waals surface area contributed by atoms with E-state index in [4.69, 9.17) is 4.74 Å². The molecular formula is C17H21N3O4S. The molecular weight excluding hydrogens is 342 g/mol. The maximum Gasteiger partial charge on any atom is 0.324 e. The van der Waals surface area contributed by atoms with Gasteiger partial charge in [-0.3, -0.25) is 9.48 Å². The lowest BCUT2D eigenvalue weighted by Gasteiger charge is -2.33. The fourth-order valence-corrected chi connectivity index (χ4v) is 4.59. The molecule has 1 unspecified atom stereocenters. The average Bonchev–Trinajstić information content (AvgIpc) is 3.16. The van der Waals surface area contributed by atoms with Crippen molar-refractivity contribution in [3.63, 3.8) is 0 Å². The Balaban J connectivity index is 1.69. The summed E-state index contributed by atoms with van der Waals surface area (Å²) in [5, 5.41) is 4.04. The van der Waals surface area contributed by atoms with Crippen LogP contribution in [0.25, 0.3) is 0 Å². The van der Waals surface area contributed by atoms with E-state index in [0.29, 0.717) is 19.5 Å². The van der Waals surface area contributed by atoms with E-state index >= 15 is 0 Å². The van der Waals surface area contributed by atoms with Crippen molar-refractivity contribution < 1.29 is 17.9 Å². The van der Waals surface area contributed by atoms with Crippen molar-refractivity contribution in [3.05, 3.63) is 48.8 Å². The Morgan fingerprint density at radius 2 is 2.00 bits per heavy atom. The van der Waals surface area contributed by atoms with E-state index in [2.05, 4.69) is 5.10 Å². The highest BCUT2D eigenvalue weighted by Crippen LogP contribution is 2.26. The summed E-state index contributed by atoms with van der Waals surface area (Å²) in [5.41, 5.74) is 0. The molecule has 3 rings (SSSR count). The zero-order chi connectivity index (χ0) is 17.7. The number of hydrogen-bond acceptors (Lipinski definition) is 5. The second-order valence-electron chi connectivity index (χ2n) is 5.88. The van der Waals surface area contributed by atoms with Gasteiger partial charge in [-0.05, 0) is 37.5 Å². The molecule has 1 aliphatic rings. The number of nitrogens with zero attached hydrogens (tertiary/aromatic N) is 3. The Bertz CT molecular complexity index is 791. The number of ether oxygens (including phenoxy) is 1. The van der Waals surface area contributed by atoms with Crippen molar-refractivity contribution in [1.29, 1.82) is 0 Å². The first-order valence-corrected chi connectivity index (χ1v) is 9.74. The average molecular weight is 363 g/mol. The predicted molar refractivity (Wildman–Crippen MR) is 91.2 cm³/mol. The number of hydrogen-bond donors (Lipinski definition) is 0. The number of rotatable bonds is 6. The number of benzene rings is 1. The predicted octanol–water partition coefficient (Wildman–Crippen LogP) is 1.67. The largest absolute Gasteiger partial charge is 0.463 e. The standard InChI is InChI=1S/C17H21N3O4S/c21-17(24-14-13-19-11-6-10-18-19)16-9-4-5-12-20(16)25(22,23)15-7-2-1-3-8-15/h1-3,6-8,10-11,16H,4-5,9,12-14H2. The fraction of sp³-hybridized carbons (Fsp3) is 0.412. The van der Waals surface area contributed by atoms with Gasteiger partial charge in [0.15, 0.2) is 0 Å². The van der Waals surface area contributed by atoms with Crippen LogP contribution in [-0.2, 0) is 26.1 Å². The van der Waals surface area contributed by atoms with Gasteiger partial charge in [-0.25, -0.2) is 8.42 Å². The molecule has 1 saturated heterocycles. The first kappa shape index (κ1) is 17.6. The van der Waals surface area contributed by atoms with Crippen LogP contribution in [0, 0.1) is 0 Å². The minimum absolute atomic E-state index is 0.163. The van der Waals surface area contributed by atoms with E-state index in [-0.39, 0.29) is 11.5 Å². The molecule has 8 heteroatoms. The van der Waals surface area contributed by atoms with Crippen LogP contribution >= 0.6 is 0 Å². The highest BCUT2D eigenvalue weighted by atomic mass is 32.2. The summed E-state index contributed by atoms with van der Waals surface area (Å²) < 4.78 is 34.0. The van der Waals surface area contributed by atoms with E-state index in [1.807, 2.05) is 0 Å². The summed E-state index contributed by atoms with van der Waals surface area (Å²) in [4.78, 5) is 12.7. The van der Waals surface area contributed by atoms with Crippen LogP contribution in [0.15, 0.2) is 53.7 Å². The SMILES string of the molecule is O=C(OCCn1cccn1)C1CCCCN1S(=O)(=O)c1ccccc1. The topological polar surface area (TPSA) is 81.5 Å². The number of piperidine rings is 1. The van der Waals surface area contributed by atoms with Gasteiger partial charge in [-0.2, -0.15) is 9.40 Å². The third-order valence-electron chi connectivity index (χ3n) is 4.20. The molecule has 2 heterocycles. The summed E-state index contributed by atoms with van der Waals surface area (Å²) in [7, 11) is -3.71. The Hall–Kier alpha value is -2.19. The lowest BCUT2D eigenvalue weighted by molar-refractivity contribution is -0.149. The van der Waals surface area contributed by atoms with Gasteiger partial charge >= 0.3 is 5.97 Å². The van der Waals surface area contributed by atoms with Crippen LogP contribution in [0.1, 0.15) is 19.3 Å². The van der Waals surface area contributed by atoms with Crippen LogP contribution in [-0.4, -0.2) is 47.7 Å². The maximum absolute atomic E-state index is 12.9. The molecule has 0 saturated carbocycles. The number of aromatic nitrogens is 2. The van der Waals surface area contributed by atoms with Gasteiger partial charge in [-0.1, -0.05) is 18.2 Å². The molecule has 1 aromatic carbocycles.